The highest BCUT2D eigenvalue weighted by atomic mass is 32.1. The van der Waals surface area contributed by atoms with Crippen molar-refractivity contribution in [2.75, 3.05) is 23.3 Å². The van der Waals surface area contributed by atoms with Gasteiger partial charge in [0.25, 0.3) is 0 Å². The van der Waals surface area contributed by atoms with Gasteiger partial charge in [-0.25, -0.2) is 9.97 Å². The lowest BCUT2D eigenvalue weighted by atomic mass is 9.93. The van der Waals surface area contributed by atoms with Crippen molar-refractivity contribution in [3.05, 3.63) is 56.9 Å². The molecule has 6 nitrogen and oxygen atoms in total. The van der Waals surface area contributed by atoms with Gasteiger partial charge in [-0.05, 0) is 61.6 Å². The van der Waals surface area contributed by atoms with Gasteiger partial charge in [0.1, 0.15) is 5.00 Å². The van der Waals surface area contributed by atoms with Crippen molar-refractivity contribution in [2.45, 2.75) is 38.5 Å². The lowest BCUT2D eigenvalue weighted by Crippen LogP contribution is -2.39. The quantitative estimate of drug-likeness (QED) is 0.574. The molecule has 0 atom stereocenters. The van der Waals surface area contributed by atoms with Gasteiger partial charge in [0.05, 0.1) is 10.4 Å². The third-order valence-electron chi connectivity index (χ3n) is 6.08. The number of hydrogen-bond donors (Lipinski definition) is 1. The number of ketones is 1. The molecule has 31 heavy (non-hydrogen) atoms. The molecule has 160 valence electrons. The maximum absolute atomic E-state index is 13.3. The lowest BCUT2D eigenvalue weighted by molar-refractivity contribution is -0.120. The fourth-order valence-electron chi connectivity index (χ4n) is 4.44. The molecule has 1 aliphatic carbocycles. The van der Waals surface area contributed by atoms with E-state index in [2.05, 4.69) is 20.2 Å². The summed E-state index contributed by atoms with van der Waals surface area (Å²) in [6, 6.07) is 5.57. The second-order valence-corrected chi connectivity index (χ2v) is 10.1. The SMILES string of the molecule is O=C(c1cccs1)c1c(NC(=O)C2CCN(c3ncccn3)CC2)sc2c1CCCC2. The number of aromatic nitrogens is 2. The summed E-state index contributed by atoms with van der Waals surface area (Å²) >= 11 is 3.06. The summed E-state index contributed by atoms with van der Waals surface area (Å²) in [6.45, 7) is 1.51. The molecule has 1 fully saturated rings. The van der Waals surface area contributed by atoms with Gasteiger partial charge < -0.3 is 10.2 Å². The van der Waals surface area contributed by atoms with Crippen LogP contribution < -0.4 is 10.2 Å². The molecular weight excluding hydrogens is 428 g/mol. The third-order valence-corrected chi connectivity index (χ3v) is 8.16. The Bertz CT molecular complexity index is 1070. The average molecular weight is 453 g/mol. The molecule has 3 aromatic rings. The topological polar surface area (TPSA) is 75.2 Å². The zero-order valence-electron chi connectivity index (χ0n) is 17.2. The number of nitrogens with zero attached hydrogens (tertiary/aromatic N) is 3. The van der Waals surface area contributed by atoms with E-state index in [-0.39, 0.29) is 17.6 Å². The Morgan fingerprint density at radius 2 is 1.84 bits per heavy atom. The summed E-state index contributed by atoms with van der Waals surface area (Å²) < 4.78 is 0. The van der Waals surface area contributed by atoms with Gasteiger partial charge in [-0.1, -0.05) is 6.07 Å². The minimum atomic E-state index is -0.0659. The number of anilines is 2. The minimum absolute atomic E-state index is 0.0208. The summed E-state index contributed by atoms with van der Waals surface area (Å²) in [5, 5.41) is 5.81. The molecule has 1 N–H and O–H groups in total. The standard InChI is InChI=1S/C23H24N4O2S2/c28-20(18-7-3-14-30-18)19-16-5-1-2-6-17(16)31-22(19)26-21(29)15-8-12-27(13-9-15)23-24-10-4-11-25-23/h3-4,7,10-11,14-15H,1-2,5-6,8-9,12-13H2,(H,26,29). The monoisotopic (exact) mass is 452 g/mol. The molecule has 0 saturated carbocycles. The zero-order chi connectivity index (χ0) is 21.2. The highest BCUT2D eigenvalue weighted by Crippen LogP contribution is 2.40. The van der Waals surface area contributed by atoms with Crippen LogP contribution in [0, 0.1) is 5.92 Å². The van der Waals surface area contributed by atoms with Crippen LogP contribution in [-0.2, 0) is 17.6 Å². The number of carbonyl (C=O) groups is 2. The van der Waals surface area contributed by atoms with Crippen molar-refractivity contribution in [1.82, 2.24) is 9.97 Å². The summed E-state index contributed by atoms with van der Waals surface area (Å²) in [5.74, 6) is 0.716. The normalized spacial score (nSPS) is 16.7. The number of hydrogen-bond acceptors (Lipinski definition) is 7. The van der Waals surface area contributed by atoms with Gasteiger partial charge in [-0.2, -0.15) is 0 Å². The highest BCUT2D eigenvalue weighted by molar-refractivity contribution is 7.17. The summed E-state index contributed by atoms with van der Waals surface area (Å²) in [4.78, 5) is 39.1. The molecule has 5 rings (SSSR count). The molecule has 4 heterocycles. The summed E-state index contributed by atoms with van der Waals surface area (Å²) in [5.41, 5.74) is 1.88. The van der Waals surface area contributed by atoms with Crippen molar-refractivity contribution in [3.8, 4) is 0 Å². The molecular formula is C23H24N4O2S2. The van der Waals surface area contributed by atoms with Crippen LogP contribution in [0.2, 0.25) is 0 Å². The zero-order valence-corrected chi connectivity index (χ0v) is 18.8. The second kappa shape index (κ2) is 8.88. The molecule has 3 aromatic heterocycles. The molecule has 0 spiro atoms. The Labute approximate surface area is 189 Å². The van der Waals surface area contributed by atoms with E-state index >= 15 is 0 Å². The number of nitrogens with one attached hydrogen (secondary N) is 1. The number of piperidine rings is 1. The first kappa shape index (κ1) is 20.3. The highest BCUT2D eigenvalue weighted by Gasteiger charge is 2.30. The van der Waals surface area contributed by atoms with E-state index in [1.165, 1.54) is 16.2 Å². The van der Waals surface area contributed by atoms with E-state index < -0.39 is 0 Å². The van der Waals surface area contributed by atoms with Crippen molar-refractivity contribution in [2.24, 2.45) is 5.92 Å². The minimum Gasteiger partial charge on any atom is -0.341 e. The average Bonchev–Trinajstić information content (AvgIpc) is 3.47. The molecule has 0 aromatic carbocycles. The van der Waals surface area contributed by atoms with Crippen LogP contribution >= 0.6 is 22.7 Å². The fraction of sp³-hybridized carbons (Fsp3) is 0.391. The second-order valence-electron chi connectivity index (χ2n) is 8.02. The van der Waals surface area contributed by atoms with E-state index in [9.17, 15) is 9.59 Å². The first-order valence-corrected chi connectivity index (χ1v) is 12.5. The largest absolute Gasteiger partial charge is 0.341 e. The van der Waals surface area contributed by atoms with E-state index in [0.717, 1.165) is 78.6 Å². The summed E-state index contributed by atoms with van der Waals surface area (Å²) in [6.07, 6.45) is 9.15. The Morgan fingerprint density at radius 1 is 1.06 bits per heavy atom. The van der Waals surface area contributed by atoms with Crippen LogP contribution in [0.15, 0.2) is 36.0 Å². The maximum atomic E-state index is 13.3. The number of fused-ring (bicyclic) bond motifs is 1. The maximum Gasteiger partial charge on any atom is 0.228 e. The molecule has 8 heteroatoms. The lowest BCUT2D eigenvalue weighted by Gasteiger charge is -2.31. The Hall–Kier alpha value is -2.58. The first-order chi connectivity index (χ1) is 15.2. The van der Waals surface area contributed by atoms with Crippen molar-refractivity contribution < 1.29 is 9.59 Å². The van der Waals surface area contributed by atoms with Crippen LogP contribution in [-0.4, -0.2) is 34.7 Å². The third kappa shape index (κ3) is 4.14. The Morgan fingerprint density at radius 3 is 2.58 bits per heavy atom. The van der Waals surface area contributed by atoms with E-state index in [4.69, 9.17) is 0 Å². The van der Waals surface area contributed by atoms with Gasteiger partial charge in [0.15, 0.2) is 0 Å². The number of carbonyl (C=O) groups excluding carboxylic acids is 2. The number of rotatable bonds is 5. The molecule has 0 bridgehead atoms. The van der Waals surface area contributed by atoms with Gasteiger partial charge >= 0.3 is 0 Å². The molecule has 0 unspecified atom stereocenters. The van der Waals surface area contributed by atoms with Crippen LogP contribution in [0.1, 0.15) is 51.4 Å². The van der Waals surface area contributed by atoms with Crippen LogP contribution in [0.3, 0.4) is 0 Å². The summed E-state index contributed by atoms with van der Waals surface area (Å²) in [7, 11) is 0. The smallest absolute Gasteiger partial charge is 0.228 e. The van der Waals surface area contributed by atoms with Gasteiger partial charge in [-0.3, -0.25) is 9.59 Å². The van der Waals surface area contributed by atoms with Crippen molar-refractivity contribution in [3.63, 3.8) is 0 Å². The van der Waals surface area contributed by atoms with Crippen molar-refractivity contribution in [1.29, 1.82) is 0 Å². The van der Waals surface area contributed by atoms with Crippen LogP contribution in [0.5, 0.6) is 0 Å². The number of thiophene rings is 2. The van der Waals surface area contributed by atoms with Crippen LogP contribution in [0.25, 0.3) is 0 Å². The van der Waals surface area contributed by atoms with E-state index in [1.54, 1.807) is 29.8 Å². The predicted octanol–water partition coefficient (Wildman–Crippen LogP) is 4.56. The molecule has 2 aliphatic rings. The number of aryl methyl sites for hydroxylation is 1. The number of amides is 1. The molecule has 0 radical (unpaired) electrons. The van der Waals surface area contributed by atoms with E-state index in [1.807, 2.05) is 17.5 Å². The van der Waals surface area contributed by atoms with Gasteiger partial charge in [-0.15, -0.1) is 22.7 Å². The fourth-order valence-corrected chi connectivity index (χ4v) is 6.39. The predicted molar refractivity (Wildman–Crippen MR) is 124 cm³/mol. The van der Waals surface area contributed by atoms with Crippen LogP contribution in [0.4, 0.5) is 10.9 Å². The van der Waals surface area contributed by atoms with E-state index in [0.29, 0.717) is 0 Å². The molecule has 1 aliphatic heterocycles. The molecule has 1 saturated heterocycles. The van der Waals surface area contributed by atoms with Crippen molar-refractivity contribution >= 4 is 45.3 Å². The van der Waals surface area contributed by atoms with Gasteiger partial charge in [0, 0.05) is 36.3 Å². The van der Waals surface area contributed by atoms with Gasteiger partial charge in [0.2, 0.25) is 17.6 Å². The Kier molecular flexibility index (Phi) is 5.82. The molecule has 1 amide bonds. The Balaban J connectivity index is 1.32. The first-order valence-electron chi connectivity index (χ1n) is 10.8.